The van der Waals surface area contributed by atoms with Gasteiger partial charge in [0, 0.05) is 6.54 Å². The number of benzene rings is 2. The van der Waals surface area contributed by atoms with Crippen molar-refractivity contribution in [2.24, 2.45) is 0 Å². The van der Waals surface area contributed by atoms with E-state index in [1.807, 2.05) is 6.07 Å². The van der Waals surface area contributed by atoms with Crippen molar-refractivity contribution in [3.8, 4) is 11.5 Å². The number of hydrogen-bond donors (Lipinski definition) is 0. The highest BCUT2D eigenvalue weighted by atomic mass is 19.1. The van der Waals surface area contributed by atoms with Crippen LogP contribution >= 0.6 is 0 Å². The summed E-state index contributed by atoms with van der Waals surface area (Å²) < 4.78 is 29.2. The predicted molar refractivity (Wildman–Crippen MR) is 120 cm³/mol. The van der Waals surface area contributed by atoms with Crippen LogP contribution in [0.3, 0.4) is 0 Å². The molecule has 4 rings (SSSR count). The molecule has 0 aliphatic carbocycles. The van der Waals surface area contributed by atoms with E-state index in [-0.39, 0.29) is 24.4 Å². The average Bonchev–Trinajstić information content (AvgIpc) is 3.48. The maximum Gasteiger partial charge on any atom is 0.290 e. The van der Waals surface area contributed by atoms with Gasteiger partial charge in [0.05, 0.1) is 32.6 Å². The molecular formula is C25H23FN2O6. The van der Waals surface area contributed by atoms with Crippen LogP contribution in [0.1, 0.15) is 22.5 Å². The van der Waals surface area contributed by atoms with Crippen molar-refractivity contribution in [3.63, 3.8) is 0 Å². The van der Waals surface area contributed by atoms with Gasteiger partial charge in [-0.25, -0.2) is 9.29 Å². The smallest absolute Gasteiger partial charge is 0.290 e. The number of imide groups is 1. The predicted octanol–water partition coefficient (Wildman–Crippen LogP) is 3.45. The monoisotopic (exact) mass is 466 g/mol. The highest BCUT2D eigenvalue weighted by Crippen LogP contribution is 2.29. The van der Waals surface area contributed by atoms with Gasteiger partial charge >= 0.3 is 0 Å². The van der Waals surface area contributed by atoms with E-state index in [2.05, 4.69) is 0 Å². The molecule has 0 saturated carbocycles. The number of amides is 3. The summed E-state index contributed by atoms with van der Waals surface area (Å²) in [6.45, 7) is 0.149. The number of nitrogens with zero attached hydrogens (tertiary/aromatic N) is 2. The second-order valence-corrected chi connectivity index (χ2v) is 7.68. The average molecular weight is 466 g/mol. The summed E-state index contributed by atoms with van der Waals surface area (Å²) in [5.74, 6) is -0.831. The van der Waals surface area contributed by atoms with Gasteiger partial charge in [-0.2, -0.15) is 0 Å². The third-order valence-electron chi connectivity index (χ3n) is 5.67. The molecule has 176 valence electrons. The van der Waals surface area contributed by atoms with Gasteiger partial charge in [0.15, 0.2) is 17.3 Å². The van der Waals surface area contributed by atoms with Crippen molar-refractivity contribution in [2.75, 3.05) is 25.7 Å². The zero-order chi connectivity index (χ0) is 24.2. The Morgan fingerprint density at radius 1 is 1.09 bits per heavy atom. The Labute approximate surface area is 195 Å². The maximum atomic E-state index is 13.3. The van der Waals surface area contributed by atoms with Crippen LogP contribution in [-0.2, 0) is 16.0 Å². The van der Waals surface area contributed by atoms with Gasteiger partial charge in [0.1, 0.15) is 11.9 Å². The first kappa shape index (κ1) is 23.0. The molecule has 1 aliphatic rings. The normalized spacial score (nSPS) is 15.5. The molecule has 3 amide bonds. The van der Waals surface area contributed by atoms with Crippen LogP contribution in [0.4, 0.5) is 10.1 Å². The van der Waals surface area contributed by atoms with Gasteiger partial charge in [-0.15, -0.1) is 0 Å². The fourth-order valence-corrected chi connectivity index (χ4v) is 3.95. The molecule has 2 aromatic carbocycles. The first-order chi connectivity index (χ1) is 16.4. The van der Waals surface area contributed by atoms with Gasteiger partial charge in [-0.1, -0.05) is 6.07 Å². The number of anilines is 1. The van der Waals surface area contributed by atoms with Crippen molar-refractivity contribution in [3.05, 3.63) is 78.0 Å². The van der Waals surface area contributed by atoms with Gasteiger partial charge in [-0.05, 0) is 60.5 Å². The number of ether oxygens (including phenoxy) is 2. The number of rotatable bonds is 8. The lowest BCUT2D eigenvalue weighted by Gasteiger charge is -2.27. The fraction of sp³-hybridized carbons (Fsp3) is 0.240. The molecule has 0 spiro atoms. The summed E-state index contributed by atoms with van der Waals surface area (Å²) in [6.07, 6.45) is 1.57. The molecule has 0 bridgehead atoms. The molecule has 1 unspecified atom stereocenters. The Morgan fingerprint density at radius 3 is 2.47 bits per heavy atom. The van der Waals surface area contributed by atoms with E-state index in [4.69, 9.17) is 13.9 Å². The van der Waals surface area contributed by atoms with Crippen LogP contribution in [0, 0.1) is 5.82 Å². The maximum absolute atomic E-state index is 13.3. The topological polar surface area (TPSA) is 89.3 Å². The van der Waals surface area contributed by atoms with Gasteiger partial charge < -0.3 is 18.8 Å². The Morgan fingerprint density at radius 2 is 1.82 bits per heavy atom. The minimum Gasteiger partial charge on any atom is -0.493 e. The van der Waals surface area contributed by atoms with Crippen LogP contribution < -0.4 is 14.4 Å². The molecule has 1 aliphatic heterocycles. The van der Waals surface area contributed by atoms with Gasteiger partial charge in [0.2, 0.25) is 5.91 Å². The first-order valence-electron chi connectivity index (χ1n) is 10.6. The summed E-state index contributed by atoms with van der Waals surface area (Å²) in [4.78, 5) is 41.6. The van der Waals surface area contributed by atoms with E-state index in [1.165, 1.54) is 55.7 Å². The van der Waals surface area contributed by atoms with Crippen molar-refractivity contribution in [1.29, 1.82) is 0 Å². The summed E-state index contributed by atoms with van der Waals surface area (Å²) in [5.41, 5.74) is 1.10. The van der Waals surface area contributed by atoms with Crippen LogP contribution in [0.5, 0.6) is 11.5 Å². The zero-order valence-corrected chi connectivity index (χ0v) is 18.7. The lowest BCUT2D eigenvalue weighted by atomic mass is 10.1. The fourth-order valence-electron chi connectivity index (χ4n) is 3.95. The second-order valence-electron chi connectivity index (χ2n) is 7.68. The SMILES string of the molecule is COc1ccc(CCN(C(=O)c2ccco2)C2CC(=O)N(c3ccc(F)cc3)C2=O)cc1OC. The number of carbonyl (C=O) groups excluding carboxylic acids is 3. The molecule has 9 heteroatoms. The molecule has 0 radical (unpaired) electrons. The Bertz CT molecular complexity index is 1190. The third-order valence-corrected chi connectivity index (χ3v) is 5.67. The Balaban J connectivity index is 1.60. The highest BCUT2D eigenvalue weighted by molar-refractivity contribution is 6.23. The minimum atomic E-state index is -1.02. The highest BCUT2D eigenvalue weighted by Gasteiger charge is 2.44. The van der Waals surface area contributed by atoms with Crippen LogP contribution in [0.2, 0.25) is 0 Å². The zero-order valence-electron chi connectivity index (χ0n) is 18.7. The Hall–Kier alpha value is -4.14. The third kappa shape index (κ3) is 4.50. The summed E-state index contributed by atoms with van der Waals surface area (Å²) in [7, 11) is 3.07. The molecular weight excluding hydrogens is 443 g/mol. The lowest BCUT2D eigenvalue weighted by Crippen LogP contribution is -2.46. The van der Waals surface area contributed by atoms with Crippen LogP contribution in [0.25, 0.3) is 0 Å². The molecule has 3 aromatic rings. The number of hydrogen-bond acceptors (Lipinski definition) is 6. The largest absolute Gasteiger partial charge is 0.493 e. The van der Waals surface area contributed by atoms with Crippen molar-refractivity contribution in [1.82, 2.24) is 4.90 Å². The first-order valence-corrected chi connectivity index (χ1v) is 10.6. The van der Waals surface area contributed by atoms with Crippen molar-refractivity contribution in [2.45, 2.75) is 18.9 Å². The number of halogens is 1. The standard InChI is InChI=1S/C25H23FN2O6/c1-32-20-10-5-16(14-22(20)33-2)11-12-27(25(31)21-4-3-13-34-21)19-15-23(29)28(24(19)30)18-8-6-17(26)7-9-18/h3-10,13-14,19H,11-12,15H2,1-2H3. The van der Waals surface area contributed by atoms with Crippen LogP contribution in [0.15, 0.2) is 65.3 Å². The molecule has 1 fully saturated rings. The van der Waals surface area contributed by atoms with Gasteiger partial charge in [-0.3, -0.25) is 14.4 Å². The number of carbonyl (C=O) groups is 3. The number of furan rings is 1. The molecule has 8 nitrogen and oxygen atoms in total. The van der Waals surface area contributed by atoms with Crippen molar-refractivity contribution >= 4 is 23.4 Å². The molecule has 1 saturated heterocycles. The van der Waals surface area contributed by atoms with Crippen LogP contribution in [-0.4, -0.2) is 49.4 Å². The minimum absolute atomic E-state index is 0.0628. The van der Waals surface area contributed by atoms with E-state index in [9.17, 15) is 18.8 Å². The number of methoxy groups -OCH3 is 2. The van der Waals surface area contributed by atoms with E-state index < -0.39 is 29.6 Å². The Kier molecular flexibility index (Phi) is 6.62. The summed E-state index contributed by atoms with van der Waals surface area (Å²) in [6, 6.07) is 12.5. The van der Waals surface area contributed by atoms with Crippen molar-refractivity contribution < 1.29 is 32.7 Å². The molecule has 1 atom stereocenters. The summed E-state index contributed by atoms with van der Waals surface area (Å²) in [5, 5.41) is 0. The van der Waals surface area contributed by atoms with Gasteiger partial charge in [0.25, 0.3) is 11.8 Å². The lowest BCUT2D eigenvalue weighted by molar-refractivity contribution is -0.122. The van der Waals surface area contributed by atoms with E-state index >= 15 is 0 Å². The van der Waals surface area contributed by atoms with E-state index in [1.54, 1.807) is 18.2 Å². The van der Waals surface area contributed by atoms with E-state index in [0.29, 0.717) is 17.9 Å². The van der Waals surface area contributed by atoms with E-state index in [0.717, 1.165) is 10.5 Å². The molecule has 2 heterocycles. The summed E-state index contributed by atoms with van der Waals surface area (Å²) >= 11 is 0. The second kappa shape index (κ2) is 9.78. The quantitative estimate of drug-likeness (QED) is 0.473. The molecule has 1 aromatic heterocycles. The molecule has 34 heavy (non-hydrogen) atoms. The molecule has 0 N–H and O–H groups in total.